The fourth-order valence-corrected chi connectivity index (χ4v) is 4.35. The van der Waals surface area contributed by atoms with Gasteiger partial charge in [0, 0.05) is 6.07 Å². The van der Waals surface area contributed by atoms with Gasteiger partial charge in [-0.15, -0.1) is 11.3 Å². The summed E-state index contributed by atoms with van der Waals surface area (Å²) < 4.78 is 37.9. The Morgan fingerprint density at radius 3 is 2.71 bits per heavy atom. The Hall–Kier alpha value is -1.77. The molecule has 0 unspecified atom stereocenters. The lowest BCUT2D eigenvalue weighted by molar-refractivity contribution is 0.171. The standard InChI is InChI=1S/C13H13NO5S2/c15-8-12-13(3-6-20-12)21(16,17)14-9-1-2-10-11(7-9)19-5-4-18-10/h1-3,6-7,14-15H,4-5,8H2. The van der Waals surface area contributed by atoms with E-state index in [2.05, 4.69) is 4.72 Å². The zero-order valence-corrected chi connectivity index (χ0v) is 12.5. The van der Waals surface area contributed by atoms with Crippen LogP contribution in [0.1, 0.15) is 4.88 Å². The molecular weight excluding hydrogens is 314 g/mol. The maximum atomic E-state index is 12.3. The number of anilines is 1. The second-order valence-electron chi connectivity index (χ2n) is 4.33. The van der Waals surface area contributed by atoms with Crippen molar-refractivity contribution in [3.05, 3.63) is 34.5 Å². The van der Waals surface area contributed by atoms with E-state index < -0.39 is 10.0 Å². The van der Waals surface area contributed by atoms with Gasteiger partial charge in [0.1, 0.15) is 18.1 Å². The molecule has 1 aromatic heterocycles. The van der Waals surface area contributed by atoms with Gasteiger partial charge in [0.2, 0.25) is 0 Å². The van der Waals surface area contributed by atoms with E-state index in [1.54, 1.807) is 23.6 Å². The van der Waals surface area contributed by atoms with E-state index in [9.17, 15) is 13.5 Å². The highest BCUT2D eigenvalue weighted by atomic mass is 32.2. The molecule has 1 aliphatic rings. The number of rotatable bonds is 4. The predicted octanol–water partition coefficient (Wildman–Crippen LogP) is 1.81. The Morgan fingerprint density at radius 2 is 1.95 bits per heavy atom. The third-order valence-corrected chi connectivity index (χ3v) is 5.43. The number of benzene rings is 1. The van der Waals surface area contributed by atoms with Gasteiger partial charge < -0.3 is 14.6 Å². The highest BCUT2D eigenvalue weighted by molar-refractivity contribution is 7.93. The van der Waals surface area contributed by atoms with Crippen LogP contribution in [0.4, 0.5) is 5.69 Å². The number of ether oxygens (including phenoxy) is 2. The number of hydrogen-bond donors (Lipinski definition) is 2. The summed E-state index contributed by atoms with van der Waals surface area (Å²) in [4.78, 5) is 0.491. The van der Waals surface area contributed by atoms with Crippen LogP contribution in [-0.4, -0.2) is 26.7 Å². The summed E-state index contributed by atoms with van der Waals surface area (Å²) in [6, 6.07) is 6.32. The Balaban J connectivity index is 1.89. The second-order valence-corrected chi connectivity index (χ2v) is 6.98. The van der Waals surface area contributed by atoms with E-state index in [1.165, 1.54) is 17.4 Å². The van der Waals surface area contributed by atoms with E-state index in [-0.39, 0.29) is 11.5 Å². The van der Waals surface area contributed by atoms with E-state index >= 15 is 0 Å². The van der Waals surface area contributed by atoms with Crippen molar-refractivity contribution in [3.63, 3.8) is 0 Å². The lowest BCUT2D eigenvalue weighted by atomic mass is 10.3. The van der Waals surface area contributed by atoms with Gasteiger partial charge in [-0.25, -0.2) is 8.42 Å². The van der Waals surface area contributed by atoms with Crippen molar-refractivity contribution in [1.29, 1.82) is 0 Å². The van der Waals surface area contributed by atoms with Crippen LogP contribution in [0.3, 0.4) is 0 Å². The molecule has 1 aromatic carbocycles. The Morgan fingerprint density at radius 1 is 1.19 bits per heavy atom. The smallest absolute Gasteiger partial charge is 0.263 e. The molecule has 0 fully saturated rings. The van der Waals surface area contributed by atoms with E-state index in [0.717, 1.165) is 0 Å². The molecule has 112 valence electrons. The van der Waals surface area contributed by atoms with Gasteiger partial charge in [-0.3, -0.25) is 4.72 Å². The number of aliphatic hydroxyl groups is 1. The van der Waals surface area contributed by atoms with Gasteiger partial charge in [-0.2, -0.15) is 0 Å². The highest BCUT2D eigenvalue weighted by Gasteiger charge is 2.20. The summed E-state index contributed by atoms with van der Waals surface area (Å²) in [5.41, 5.74) is 0.384. The summed E-state index contributed by atoms with van der Waals surface area (Å²) in [5.74, 6) is 1.10. The van der Waals surface area contributed by atoms with Crippen LogP contribution in [0.2, 0.25) is 0 Å². The number of thiophene rings is 1. The monoisotopic (exact) mass is 327 g/mol. The van der Waals surface area contributed by atoms with Gasteiger partial charge in [0.25, 0.3) is 10.0 Å². The Kier molecular flexibility index (Phi) is 3.75. The number of aliphatic hydroxyl groups excluding tert-OH is 1. The van der Waals surface area contributed by atoms with Crippen LogP contribution in [0.5, 0.6) is 11.5 Å². The maximum Gasteiger partial charge on any atom is 0.263 e. The molecule has 0 saturated heterocycles. The van der Waals surface area contributed by atoms with Crippen LogP contribution in [-0.2, 0) is 16.6 Å². The van der Waals surface area contributed by atoms with E-state index in [4.69, 9.17) is 9.47 Å². The highest BCUT2D eigenvalue weighted by Crippen LogP contribution is 2.33. The molecule has 2 aromatic rings. The van der Waals surface area contributed by atoms with Crippen molar-refractivity contribution in [3.8, 4) is 11.5 Å². The third kappa shape index (κ3) is 2.82. The Labute approximate surface area is 126 Å². The third-order valence-electron chi connectivity index (χ3n) is 2.93. The average molecular weight is 327 g/mol. The largest absolute Gasteiger partial charge is 0.486 e. The quantitative estimate of drug-likeness (QED) is 0.895. The number of fused-ring (bicyclic) bond motifs is 1. The molecule has 0 atom stereocenters. The van der Waals surface area contributed by atoms with Gasteiger partial charge in [0.05, 0.1) is 17.2 Å². The fraction of sp³-hybridized carbons (Fsp3) is 0.231. The molecular formula is C13H13NO5S2. The first-order valence-electron chi connectivity index (χ1n) is 6.20. The van der Waals surface area contributed by atoms with Crippen LogP contribution >= 0.6 is 11.3 Å². The van der Waals surface area contributed by atoms with Crippen LogP contribution in [0.15, 0.2) is 34.5 Å². The molecule has 8 heteroatoms. The van der Waals surface area contributed by atoms with E-state index in [1.807, 2.05) is 0 Å². The lowest BCUT2D eigenvalue weighted by Crippen LogP contribution is -2.17. The molecule has 3 rings (SSSR count). The first-order chi connectivity index (χ1) is 10.1. The zero-order chi connectivity index (χ0) is 14.9. The van der Waals surface area contributed by atoms with E-state index in [0.29, 0.717) is 35.3 Å². The van der Waals surface area contributed by atoms with Crippen molar-refractivity contribution in [2.24, 2.45) is 0 Å². The molecule has 21 heavy (non-hydrogen) atoms. The summed E-state index contributed by atoms with van der Waals surface area (Å²) in [7, 11) is -3.74. The molecule has 6 nitrogen and oxygen atoms in total. The molecule has 0 spiro atoms. The van der Waals surface area contributed by atoms with Gasteiger partial charge in [-0.1, -0.05) is 0 Å². The van der Waals surface area contributed by atoms with Crippen molar-refractivity contribution < 1.29 is 23.0 Å². The number of hydrogen-bond acceptors (Lipinski definition) is 6. The molecule has 0 radical (unpaired) electrons. The summed E-state index contributed by atoms with van der Waals surface area (Å²) >= 11 is 1.20. The topological polar surface area (TPSA) is 84.9 Å². The molecule has 0 amide bonds. The molecule has 0 bridgehead atoms. The molecule has 2 heterocycles. The zero-order valence-electron chi connectivity index (χ0n) is 10.9. The summed E-state index contributed by atoms with van der Waals surface area (Å²) in [6.45, 7) is 0.601. The SMILES string of the molecule is O=S(=O)(Nc1ccc2c(c1)OCCO2)c1ccsc1CO. The number of nitrogens with one attached hydrogen (secondary N) is 1. The van der Waals surface area contributed by atoms with Crippen molar-refractivity contribution in [1.82, 2.24) is 0 Å². The minimum atomic E-state index is -3.74. The normalized spacial score (nSPS) is 14.0. The average Bonchev–Trinajstić information content (AvgIpc) is 2.96. The van der Waals surface area contributed by atoms with Gasteiger partial charge in [0.15, 0.2) is 11.5 Å². The molecule has 2 N–H and O–H groups in total. The van der Waals surface area contributed by atoms with Crippen LogP contribution in [0, 0.1) is 0 Å². The molecule has 0 aliphatic carbocycles. The predicted molar refractivity (Wildman–Crippen MR) is 78.5 cm³/mol. The van der Waals surface area contributed by atoms with Crippen molar-refractivity contribution in [2.75, 3.05) is 17.9 Å². The van der Waals surface area contributed by atoms with Crippen molar-refractivity contribution in [2.45, 2.75) is 11.5 Å². The van der Waals surface area contributed by atoms with Gasteiger partial charge >= 0.3 is 0 Å². The lowest BCUT2D eigenvalue weighted by Gasteiger charge is -2.19. The first-order valence-corrected chi connectivity index (χ1v) is 8.56. The summed E-state index contributed by atoms with van der Waals surface area (Å²) in [5, 5.41) is 10.8. The molecule has 1 aliphatic heterocycles. The summed E-state index contributed by atoms with van der Waals surface area (Å²) in [6.07, 6.45) is 0. The van der Waals surface area contributed by atoms with Crippen LogP contribution < -0.4 is 14.2 Å². The van der Waals surface area contributed by atoms with Crippen LogP contribution in [0.25, 0.3) is 0 Å². The molecule has 0 saturated carbocycles. The minimum Gasteiger partial charge on any atom is -0.486 e. The van der Waals surface area contributed by atoms with Gasteiger partial charge in [-0.05, 0) is 23.6 Å². The first kappa shape index (κ1) is 14.2. The maximum absolute atomic E-state index is 12.3. The second kappa shape index (κ2) is 5.55. The fourth-order valence-electron chi connectivity index (χ4n) is 2.00. The number of sulfonamides is 1. The van der Waals surface area contributed by atoms with Crippen molar-refractivity contribution >= 4 is 27.0 Å². The Bertz CT molecular complexity index is 754. The minimum absolute atomic E-state index is 0.0879.